The molecule has 0 aliphatic carbocycles. The molecule has 0 saturated carbocycles. The zero-order valence-electron chi connectivity index (χ0n) is 14.0. The Labute approximate surface area is 172 Å². The Bertz CT molecular complexity index is 893. The summed E-state index contributed by atoms with van der Waals surface area (Å²) < 4.78 is 5.84. The van der Waals surface area contributed by atoms with Gasteiger partial charge in [-0.2, -0.15) is 0 Å². The van der Waals surface area contributed by atoms with Gasteiger partial charge in [0.25, 0.3) is 0 Å². The van der Waals surface area contributed by atoms with E-state index in [-0.39, 0.29) is 33.0 Å². The van der Waals surface area contributed by atoms with Gasteiger partial charge in [-0.1, -0.05) is 48.0 Å². The normalized spacial score (nSPS) is 10.6. The molecule has 0 N–H and O–H groups in total. The Kier molecular flexibility index (Phi) is 7.51. The molecule has 0 spiro atoms. The van der Waals surface area contributed by atoms with Gasteiger partial charge in [0, 0.05) is 5.56 Å². The summed E-state index contributed by atoms with van der Waals surface area (Å²) in [5, 5.41) is 1.52. The molecule has 0 heterocycles. The van der Waals surface area contributed by atoms with Crippen molar-refractivity contribution in [3.8, 4) is 11.5 Å². The van der Waals surface area contributed by atoms with Crippen LogP contribution in [0, 0.1) is 13.8 Å². The molecule has 3 rings (SSSR count). The van der Waals surface area contributed by atoms with Crippen LogP contribution in [-0.4, -0.2) is 24.4 Å². The Hall–Kier alpha value is -1.55. The van der Waals surface area contributed by atoms with Crippen molar-refractivity contribution in [2.24, 2.45) is 0 Å². The standard InChI is InChI=1S/C21H18ClO2P.Li.H/c1-14-7-6-10-18(22)20(14)21(23)25-19-12-11-17(13-15(19)2)24-16-8-4-3-5-9-16;;/h3-13,25H,1-2H3;;. The number of hydrogen-bond acceptors (Lipinski definition) is 2. The molecule has 3 aromatic carbocycles. The van der Waals surface area contributed by atoms with Crippen molar-refractivity contribution < 1.29 is 9.53 Å². The van der Waals surface area contributed by atoms with Crippen molar-refractivity contribution in [1.29, 1.82) is 0 Å². The molecule has 0 aliphatic rings. The molecule has 0 saturated heterocycles. The summed E-state index contributed by atoms with van der Waals surface area (Å²) in [5.41, 5.74) is 2.62. The first-order valence-corrected chi connectivity index (χ1v) is 9.32. The van der Waals surface area contributed by atoms with Crippen LogP contribution >= 0.6 is 20.2 Å². The predicted octanol–water partition coefficient (Wildman–Crippen LogP) is 5.24. The average Bonchev–Trinajstić information content (AvgIpc) is 2.58. The molecule has 0 radical (unpaired) electrons. The van der Waals surface area contributed by atoms with E-state index in [4.69, 9.17) is 16.3 Å². The Morgan fingerprint density at radius 3 is 2.27 bits per heavy atom. The molecule has 5 heteroatoms. The molecule has 1 atom stereocenters. The van der Waals surface area contributed by atoms with Gasteiger partial charge < -0.3 is 4.74 Å². The molecule has 0 amide bonds. The topological polar surface area (TPSA) is 26.3 Å². The van der Waals surface area contributed by atoms with E-state index in [2.05, 4.69) is 0 Å². The van der Waals surface area contributed by atoms with Crippen LogP contribution in [0.4, 0.5) is 0 Å². The van der Waals surface area contributed by atoms with E-state index in [9.17, 15) is 4.79 Å². The number of aryl methyl sites for hydroxylation is 2. The Balaban J connectivity index is 0.00000243. The molecular weight excluding hydrogens is 358 g/mol. The molecular formula is C21H19ClLiO2P. The van der Waals surface area contributed by atoms with Crippen molar-refractivity contribution in [3.05, 3.63) is 88.4 Å². The van der Waals surface area contributed by atoms with Crippen LogP contribution < -0.4 is 10.0 Å². The van der Waals surface area contributed by atoms with Gasteiger partial charge in [0.1, 0.15) is 11.5 Å². The fourth-order valence-electron chi connectivity index (χ4n) is 2.57. The number of carbonyl (C=O) groups is 1. The van der Waals surface area contributed by atoms with Crippen LogP contribution in [0.25, 0.3) is 0 Å². The zero-order chi connectivity index (χ0) is 17.8. The number of carbonyl (C=O) groups excluding carboxylic acids is 1. The minimum atomic E-state index is 0. The number of hydrogen-bond donors (Lipinski definition) is 0. The van der Waals surface area contributed by atoms with Gasteiger partial charge in [0.2, 0.25) is 0 Å². The third kappa shape index (κ3) is 5.00. The maximum atomic E-state index is 12.7. The van der Waals surface area contributed by atoms with Crippen molar-refractivity contribution >= 4 is 49.9 Å². The van der Waals surface area contributed by atoms with E-state index in [1.54, 1.807) is 6.07 Å². The van der Waals surface area contributed by atoms with Crippen molar-refractivity contribution in [1.82, 2.24) is 0 Å². The summed E-state index contributed by atoms with van der Waals surface area (Å²) in [6, 6.07) is 21.0. The molecule has 0 aromatic heterocycles. The van der Waals surface area contributed by atoms with E-state index in [0.29, 0.717) is 10.6 Å². The third-order valence-electron chi connectivity index (χ3n) is 3.87. The second-order valence-electron chi connectivity index (χ2n) is 5.78. The van der Waals surface area contributed by atoms with E-state index in [1.807, 2.05) is 74.5 Å². The van der Waals surface area contributed by atoms with E-state index >= 15 is 0 Å². The molecule has 3 aromatic rings. The van der Waals surface area contributed by atoms with Gasteiger partial charge in [0.15, 0.2) is 5.52 Å². The first-order chi connectivity index (χ1) is 12.0. The van der Waals surface area contributed by atoms with Gasteiger partial charge in [-0.25, -0.2) is 0 Å². The van der Waals surface area contributed by atoms with Crippen LogP contribution in [0.3, 0.4) is 0 Å². The van der Waals surface area contributed by atoms with Crippen LogP contribution in [0.2, 0.25) is 5.02 Å². The third-order valence-corrected chi connectivity index (χ3v) is 5.50. The second kappa shape index (κ2) is 9.40. The fraction of sp³-hybridized carbons (Fsp3) is 0.0952. The molecule has 1 unspecified atom stereocenters. The summed E-state index contributed by atoms with van der Waals surface area (Å²) >= 11 is 6.21. The number of para-hydroxylation sites is 1. The molecule has 128 valence electrons. The first kappa shape index (κ1) is 20.8. The van der Waals surface area contributed by atoms with Gasteiger partial charge in [-0.15, -0.1) is 0 Å². The molecule has 0 aliphatic heterocycles. The zero-order valence-corrected chi connectivity index (χ0v) is 15.8. The van der Waals surface area contributed by atoms with Crippen LogP contribution in [0.5, 0.6) is 11.5 Å². The quantitative estimate of drug-likeness (QED) is 0.449. The number of ether oxygens (including phenoxy) is 1. The average molecular weight is 377 g/mol. The van der Waals surface area contributed by atoms with Gasteiger partial charge >= 0.3 is 18.9 Å². The van der Waals surface area contributed by atoms with Crippen molar-refractivity contribution in [2.45, 2.75) is 13.8 Å². The van der Waals surface area contributed by atoms with E-state index in [1.165, 1.54) is 0 Å². The molecule has 0 fully saturated rings. The Morgan fingerprint density at radius 2 is 1.62 bits per heavy atom. The summed E-state index contributed by atoms with van der Waals surface area (Å²) in [6.07, 6.45) is 0. The number of benzene rings is 3. The SMILES string of the molecule is Cc1cc(Oc2ccccc2)ccc1PC(=O)c1c(C)cccc1Cl.[LiH]. The van der Waals surface area contributed by atoms with Crippen LogP contribution in [0.15, 0.2) is 66.7 Å². The molecule has 0 bridgehead atoms. The number of rotatable bonds is 5. The van der Waals surface area contributed by atoms with Crippen LogP contribution in [0.1, 0.15) is 21.5 Å². The van der Waals surface area contributed by atoms with E-state index in [0.717, 1.165) is 27.9 Å². The molecule has 26 heavy (non-hydrogen) atoms. The maximum absolute atomic E-state index is 12.7. The van der Waals surface area contributed by atoms with Gasteiger partial charge in [-0.05, 0) is 69.2 Å². The van der Waals surface area contributed by atoms with Crippen molar-refractivity contribution in [2.75, 3.05) is 0 Å². The van der Waals surface area contributed by atoms with Gasteiger partial charge in [0.05, 0.1) is 5.02 Å². The summed E-state index contributed by atoms with van der Waals surface area (Å²) in [4.78, 5) is 12.7. The van der Waals surface area contributed by atoms with E-state index < -0.39 is 0 Å². The van der Waals surface area contributed by atoms with Gasteiger partial charge in [-0.3, -0.25) is 4.79 Å². The second-order valence-corrected chi connectivity index (χ2v) is 7.43. The summed E-state index contributed by atoms with van der Waals surface area (Å²) in [7, 11) is 0.0327. The monoisotopic (exact) mass is 376 g/mol. The minimum absolute atomic E-state index is 0. The molecule has 2 nitrogen and oxygen atoms in total. The fourth-order valence-corrected chi connectivity index (χ4v) is 4.09. The summed E-state index contributed by atoms with van der Waals surface area (Å²) in [5.74, 6) is 1.55. The predicted molar refractivity (Wildman–Crippen MR) is 113 cm³/mol. The number of halogens is 1. The first-order valence-electron chi connectivity index (χ1n) is 7.94. The van der Waals surface area contributed by atoms with Crippen LogP contribution in [-0.2, 0) is 0 Å². The van der Waals surface area contributed by atoms with Crippen molar-refractivity contribution in [3.63, 3.8) is 0 Å². The Morgan fingerprint density at radius 1 is 0.885 bits per heavy atom. The summed E-state index contributed by atoms with van der Waals surface area (Å²) in [6.45, 7) is 3.90.